The minimum Gasteiger partial charge on any atom is -1.00 e. The number of aromatic nitrogens is 1. The van der Waals surface area contributed by atoms with Gasteiger partial charge in [-0.3, -0.25) is 6.08 Å². The summed E-state index contributed by atoms with van der Waals surface area (Å²) in [6, 6.07) is 12.9. The summed E-state index contributed by atoms with van der Waals surface area (Å²) in [5.41, 5.74) is 3.97. The van der Waals surface area contributed by atoms with Crippen molar-refractivity contribution < 1.29 is 50.7 Å². The topological polar surface area (TPSA) is 4.93 Å². The molecule has 0 saturated carbocycles. The minimum atomic E-state index is 0. The molecule has 0 amide bonds. The van der Waals surface area contributed by atoms with Crippen molar-refractivity contribution in [2.45, 2.75) is 20.3 Å². The SMILES string of the molecule is CC1=[C-]CC=C1C.[Cl-].[Cl-].[Hf+4].c1ccc2[cH-]c(-n3ccpc3)cc2c1. The monoisotopic (exact) mass is 541 g/mol. The molecule has 0 unspecified atom stereocenters. The van der Waals surface area contributed by atoms with Crippen LogP contribution in [0, 0.1) is 6.08 Å². The zero-order valence-corrected chi connectivity index (χ0v) is 19.6. The molecule has 24 heavy (non-hydrogen) atoms. The maximum Gasteiger partial charge on any atom is 4.00 e. The second-order valence-electron chi connectivity index (χ2n) is 5.21. The zero-order valence-electron chi connectivity index (χ0n) is 13.6. The van der Waals surface area contributed by atoms with Crippen molar-refractivity contribution in [2.75, 3.05) is 0 Å². The van der Waals surface area contributed by atoms with Gasteiger partial charge in [0.15, 0.2) is 0 Å². The minimum absolute atomic E-state index is 0. The van der Waals surface area contributed by atoms with E-state index in [0.29, 0.717) is 0 Å². The molecule has 1 nitrogen and oxygen atoms in total. The number of hydrogen-bond donors (Lipinski definition) is 0. The van der Waals surface area contributed by atoms with Crippen LogP contribution in [-0.4, -0.2) is 4.57 Å². The molecule has 0 N–H and O–H groups in total. The maximum atomic E-state index is 3.19. The van der Waals surface area contributed by atoms with Crippen molar-refractivity contribution in [1.82, 2.24) is 4.57 Å². The molecule has 5 heteroatoms. The molecule has 2 aromatic carbocycles. The van der Waals surface area contributed by atoms with E-state index in [1.165, 1.54) is 35.8 Å². The molecular weight excluding hydrogens is 523 g/mol. The van der Waals surface area contributed by atoms with Gasteiger partial charge in [-0.15, -0.1) is 54.4 Å². The van der Waals surface area contributed by atoms with Crippen molar-refractivity contribution in [2.24, 2.45) is 0 Å². The predicted molar refractivity (Wildman–Crippen MR) is 92.2 cm³/mol. The van der Waals surface area contributed by atoms with Gasteiger partial charge < -0.3 is 29.4 Å². The van der Waals surface area contributed by atoms with E-state index in [1.807, 2.05) is 0 Å². The van der Waals surface area contributed by atoms with Gasteiger partial charge in [-0.25, -0.2) is 11.1 Å². The van der Waals surface area contributed by atoms with Crippen LogP contribution in [0.1, 0.15) is 20.3 Å². The quantitative estimate of drug-likeness (QED) is 0.303. The Labute approximate surface area is 176 Å². The Bertz CT molecular complexity index is 755. The van der Waals surface area contributed by atoms with E-state index in [0.717, 1.165) is 6.42 Å². The van der Waals surface area contributed by atoms with E-state index >= 15 is 0 Å². The zero-order chi connectivity index (χ0) is 14.7. The number of benzene rings is 1. The molecule has 1 aliphatic rings. The number of hydrogen-bond acceptors (Lipinski definition) is 0. The molecule has 0 saturated heterocycles. The van der Waals surface area contributed by atoms with Crippen molar-refractivity contribution >= 4 is 19.0 Å². The van der Waals surface area contributed by atoms with Crippen LogP contribution in [0.15, 0.2) is 71.5 Å². The van der Waals surface area contributed by atoms with Gasteiger partial charge >= 0.3 is 25.8 Å². The summed E-state index contributed by atoms with van der Waals surface area (Å²) in [5, 5.41) is 2.63. The molecule has 0 spiro atoms. The fraction of sp³-hybridized carbons (Fsp3) is 0.158. The molecule has 1 heterocycles. The Hall–Kier alpha value is -0.530. The van der Waals surface area contributed by atoms with E-state index in [1.54, 1.807) is 0 Å². The predicted octanol–water partition coefficient (Wildman–Crippen LogP) is 0.0209. The first-order chi connectivity index (χ1) is 10.2. The van der Waals surface area contributed by atoms with Crippen LogP contribution < -0.4 is 24.8 Å². The molecule has 1 aliphatic carbocycles. The molecule has 0 aliphatic heterocycles. The second kappa shape index (κ2) is 11.2. The standard InChI is InChI=1S/C12H9NP.C7H9.2ClH.Hf/c1-2-4-11-8-12(7-10(11)3-1)13-5-6-14-9-13;1-6-4-3-5-7(6)2;;;/h1-9H;4H,3H2,1-2H3;2*1H;/q2*-1;;;+4/p-2. The van der Waals surface area contributed by atoms with Crippen molar-refractivity contribution in [3.63, 3.8) is 0 Å². The fourth-order valence-corrected chi connectivity index (χ4v) is 3.00. The van der Waals surface area contributed by atoms with Gasteiger partial charge in [0.1, 0.15) is 0 Å². The first-order valence-corrected chi connectivity index (χ1v) is 8.16. The van der Waals surface area contributed by atoms with Gasteiger partial charge in [0, 0.05) is 12.1 Å². The third-order valence-corrected chi connectivity index (χ3v) is 4.46. The first-order valence-electron chi connectivity index (χ1n) is 7.12. The normalized spacial score (nSPS) is 12.2. The third kappa shape index (κ3) is 5.77. The molecular formula is C19H18Cl2HfNP. The average molecular weight is 541 g/mol. The Balaban J connectivity index is 0.000000463. The van der Waals surface area contributed by atoms with Crippen molar-refractivity contribution in [3.05, 3.63) is 77.6 Å². The van der Waals surface area contributed by atoms with Crippen LogP contribution >= 0.6 is 8.19 Å². The van der Waals surface area contributed by atoms with Crippen LogP contribution in [0.4, 0.5) is 0 Å². The van der Waals surface area contributed by atoms with E-state index in [4.69, 9.17) is 0 Å². The maximum absolute atomic E-state index is 3.19. The third-order valence-electron chi connectivity index (χ3n) is 3.77. The smallest absolute Gasteiger partial charge is 1.00 e. The summed E-state index contributed by atoms with van der Waals surface area (Å²) < 4.78 is 2.17. The van der Waals surface area contributed by atoms with Crippen LogP contribution in [0.5, 0.6) is 0 Å². The Morgan fingerprint density at radius 3 is 2.42 bits per heavy atom. The number of rotatable bonds is 1. The van der Waals surface area contributed by atoms with Crippen molar-refractivity contribution in [1.29, 1.82) is 0 Å². The molecule has 122 valence electrons. The molecule has 0 fully saturated rings. The van der Waals surface area contributed by atoms with Gasteiger partial charge in [-0.05, 0) is 11.5 Å². The second-order valence-corrected chi connectivity index (χ2v) is 6.03. The van der Waals surface area contributed by atoms with E-state index in [2.05, 4.69) is 84.9 Å². The number of nitrogens with zero attached hydrogens (tertiary/aromatic N) is 1. The molecule has 0 bridgehead atoms. The van der Waals surface area contributed by atoms with Gasteiger partial charge in [0.05, 0.1) is 0 Å². The number of halogens is 2. The molecule has 4 rings (SSSR count). The summed E-state index contributed by atoms with van der Waals surface area (Å²) in [4.78, 5) is 0. The van der Waals surface area contributed by atoms with Gasteiger partial charge in [0.2, 0.25) is 0 Å². The van der Waals surface area contributed by atoms with Gasteiger partial charge in [0.25, 0.3) is 0 Å². The van der Waals surface area contributed by atoms with E-state index in [9.17, 15) is 0 Å². The molecule has 0 atom stereocenters. The average Bonchev–Trinajstić information content (AvgIpc) is 3.21. The van der Waals surface area contributed by atoms with Gasteiger partial charge in [-0.1, -0.05) is 21.2 Å². The molecule has 3 aromatic rings. The van der Waals surface area contributed by atoms with Crippen LogP contribution in [-0.2, 0) is 25.8 Å². The van der Waals surface area contributed by atoms with Crippen molar-refractivity contribution in [3.8, 4) is 5.69 Å². The Kier molecular flexibility index (Phi) is 10.9. The number of fused-ring (bicyclic) bond motifs is 1. The Morgan fingerprint density at radius 2 is 1.92 bits per heavy atom. The summed E-state index contributed by atoms with van der Waals surface area (Å²) in [5.74, 6) is 4.30. The largest absolute Gasteiger partial charge is 4.00 e. The first kappa shape index (κ1) is 23.5. The molecule has 0 radical (unpaired) electrons. The summed E-state index contributed by atoms with van der Waals surface area (Å²) >= 11 is 0. The van der Waals surface area contributed by atoms with Crippen LogP contribution in [0.2, 0.25) is 0 Å². The van der Waals surface area contributed by atoms with E-state index < -0.39 is 0 Å². The fourth-order valence-electron chi connectivity index (χ4n) is 2.34. The molecule has 1 aromatic heterocycles. The summed E-state index contributed by atoms with van der Waals surface area (Å²) in [6.45, 7) is 4.22. The summed E-state index contributed by atoms with van der Waals surface area (Å²) in [6.07, 6.45) is 8.52. The van der Waals surface area contributed by atoms with E-state index in [-0.39, 0.29) is 50.7 Å². The summed E-state index contributed by atoms with van der Waals surface area (Å²) in [7, 11) is 1.26. The van der Waals surface area contributed by atoms with Crippen LogP contribution in [0.25, 0.3) is 16.5 Å². The van der Waals surface area contributed by atoms with Crippen LogP contribution in [0.3, 0.4) is 0 Å². The Morgan fingerprint density at radius 1 is 1.17 bits per heavy atom. The van der Waals surface area contributed by atoms with Gasteiger partial charge in [-0.2, -0.15) is 6.08 Å². The number of allylic oxidation sites excluding steroid dienone is 4.